The van der Waals surface area contributed by atoms with Gasteiger partial charge in [-0.3, -0.25) is 4.79 Å². The number of aromatic amines is 1. The van der Waals surface area contributed by atoms with Crippen LogP contribution in [0.4, 0.5) is 10.3 Å². The van der Waals surface area contributed by atoms with Crippen molar-refractivity contribution in [2.75, 3.05) is 24.6 Å². The Labute approximate surface area is 171 Å². The molecule has 1 aromatic carbocycles. The van der Waals surface area contributed by atoms with Crippen molar-refractivity contribution in [1.82, 2.24) is 19.7 Å². The van der Waals surface area contributed by atoms with Crippen molar-refractivity contribution in [2.45, 2.75) is 20.5 Å². The maximum Gasteiger partial charge on any atom is 0.323 e. The molecule has 3 aromatic rings. The molecule has 1 saturated heterocycles. The van der Waals surface area contributed by atoms with Crippen LogP contribution in [0.1, 0.15) is 14.4 Å². The number of pyridine rings is 1. The lowest BCUT2D eigenvalue weighted by molar-refractivity contribution is 0.165. The molecule has 1 N–H and O–H groups in total. The number of aromatic nitrogens is 4. The van der Waals surface area contributed by atoms with E-state index in [0.717, 1.165) is 0 Å². The third-order valence-electron chi connectivity index (χ3n) is 4.23. The summed E-state index contributed by atoms with van der Waals surface area (Å²) in [4.78, 5) is 16.0. The van der Waals surface area contributed by atoms with E-state index in [1.807, 2.05) is 11.8 Å². The Balaban J connectivity index is 0.00000240. The molecular weight excluding hydrogens is 401 g/mol. The van der Waals surface area contributed by atoms with Crippen molar-refractivity contribution in [3.05, 3.63) is 57.7 Å². The van der Waals surface area contributed by atoms with Gasteiger partial charge in [-0.25, -0.2) is 8.96 Å². The predicted octanol–water partition coefficient (Wildman–Crippen LogP) is 3.05. The summed E-state index contributed by atoms with van der Waals surface area (Å²) in [5, 5.41) is 8.54. The molecule has 0 saturated carbocycles. The molecule has 1 aliphatic heterocycles. The second kappa shape index (κ2) is 8.52. The van der Waals surface area contributed by atoms with Crippen LogP contribution in [-0.4, -0.2) is 45.5 Å². The lowest BCUT2D eigenvalue weighted by atomic mass is 10.2. The summed E-state index contributed by atoms with van der Waals surface area (Å²) in [5.41, 5.74) is 0.471. The highest BCUT2D eigenvalue weighted by atomic mass is 35.5. The minimum absolute atomic E-state index is 0. The van der Waals surface area contributed by atoms with Gasteiger partial charge in [0.1, 0.15) is 17.7 Å². The number of H-pyrrole nitrogens is 1. The molecule has 3 heterocycles. The summed E-state index contributed by atoms with van der Waals surface area (Å²) in [5.74, 6) is 0.593. The summed E-state index contributed by atoms with van der Waals surface area (Å²) in [7, 11) is 0. The summed E-state index contributed by atoms with van der Waals surface area (Å²) < 4.78 is 26.3. The van der Waals surface area contributed by atoms with Gasteiger partial charge in [-0.1, -0.05) is 24.1 Å². The molecule has 4 rings (SSSR count). The highest BCUT2D eigenvalue weighted by Crippen LogP contribution is 2.31. The van der Waals surface area contributed by atoms with Gasteiger partial charge in [0.05, 0.1) is 30.4 Å². The number of benzene rings is 1. The lowest BCUT2D eigenvalue weighted by Gasteiger charge is -2.39. The van der Waals surface area contributed by atoms with Gasteiger partial charge in [-0.15, -0.1) is 5.10 Å². The second-order valence-electron chi connectivity index (χ2n) is 6.18. The van der Waals surface area contributed by atoms with E-state index in [-0.39, 0.29) is 24.1 Å². The van der Waals surface area contributed by atoms with Crippen LogP contribution >= 0.6 is 11.6 Å². The Morgan fingerprint density at radius 2 is 2.07 bits per heavy atom. The first-order valence-electron chi connectivity index (χ1n) is 8.69. The molecule has 0 spiro atoms. The number of ether oxygens (including phenoxy) is 2. The second-order valence-corrected chi connectivity index (χ2v) is 6.59. The van der Waals surface area contributed by atoms with Gasteiger partial charge in [0.25, 0.3) is 0 Å². The van der Waals surface area contributed by atoms with E-state index >= 15 is 0 Å². The summed E-state index contributed by atoms with van der Waals surface area (Å²) in [6.45, 7) is 3.37. The molecule has 0 bridgehead atoms. The Hall–Kier alpha value is -3.07. The van der Waals surface area contributed by atoms with Crippen LogP contribution in [0.2, 0.25) is 5.02 Å². The van der Waals surface area contributed by atoms with Crippen LogP contribution < -0.4 is 19.9 Å². The Bertz CT molecular complexity index is 1030. The van der Waals surface area contributed by atoms with Gasteiger partial charge in [-0.05, 0) is 31.2 Å². The molecule has 154 valence electrons. The zero-order chi connectivity index (χ0) is 19.7. The minimum atomic E-state index is -0.412. The number of nitrogens with one attached hydrogen (secondary N) is 1. The molecule has 10 heteroatoms. The van der Waals surface area contributed by atoms with Gasteiger partial charge >= 0.3 is 6.01 Å². The van der Waals surface area contributed by atoms with Gasteiger partial charge in [0.2, 0.25) is 11.5 Å². The van der Waals surface area contributed by atoms with Crippen LogP contribution in [0, 0.1) is 5.82 Å². The molecule has 8 nitrogen and oxygen atoms in total. The van der Waals surface area contributed by atoms with E-state index in [0.29, 0.717) is 43.1 Å². The first-order chi connectivity index (χ1) is 13.5. The van der Waals surface area contributed by atoms with Crippen LogP contribution in [0.5, 0.6) is 11.8 Å². The quantitative estimate of drug-likeness (QED) is 0.658. The highest BCUT2D eigenvalue weighted by Gasteiger charge is 2.34. The van der Waals surface area contributed by atoms with Gasteiger partial charge in [0, 0.05) is 12.3 Å². The average Bonchev–Trinajstić information content (AvgIpc) is 3.03. The number of nitrogens with zero attached hydrogens (tertiary/aromatic N) is 4. The molecule has 1 fully saturated rings. The fourth-order valence-electron chi connectivity index (χ4n) is 2.88. The molecular formula is C19H21ClFN5O3. The van der Waals surface area contributed by atoms with Crippen LogP contribution in [0.15, 0.2) is 41.3 Å². The predicted molar refractivity (Wildman–Crippen MR) is 108 cm³/mol. The zero-order valence-corrected chi connectivity index (χ0v) is 15.7. The topological polar surface area (TPSA) is 85.3 Å². The van der Waals surface area contributed by atoms with Crippen molar-refractivity contribution in [3.63, 3.8) is 0 Å². The Morgan fingerprint density at radius 1 is 1.28 bits per heavy atom. The van der Waals surface area contributed by atoms with E-state index in [2.05, 4.69) is 15.2 Å². The Morgan fingerprint density at radius 3 is 2.72 bits per heavy atom. The maximum absolute atomic E-state index is 13.2. The maximum atomic E-state index is 13.2. The first-order valence-corrected chi connectivity index (χ1v) is 9.07. The van der Waals surface area contributed by atoms with Gasteiger partial charge in [0.15, 0.2) is 0 Å². The van der Waals surface area contributed by atoms with Crippen LogP contribution in [0.25, 0.3) is 5.69 Å². The molecule has 0 atom stereocenters. The van der Waals surface area contributed by atoms with E-state index in [1.54, 1.807) is 16.8 Å². The van der Waals surface area contributed by atoms with Gasteiger partial charge < -0.3 is 19.4 Å². The fourth-order valence-corrected chi connectivity index (χ4v) is 3.10. The third kappa shape index (κ3) is 4.19. The summed E-state index contributed by atoms with van der Waals surface area (Å²) >= 11 is 6.01. The lowest BCUT2D eigenvalue weighted by Crippen LogP contribution is -2.54. The summed E-state index contributed by atoms with van der Waals surface area (Å²) in [6, 6.07) is 7.45. The minimum Gasteiger partial charge on any atom is -0.485 e. The summed E-state index contributed by atoms with van der Waals surface area (Å²) in [6.07, 6.45) is 1.45. The number of hydrogen-bond acceptors (Lipinski definition) is 6. The van der Waals surface area contributed by atoms with Crippen molar-refractivity contribution in [1.29, 1.82) is 0 Å². The highest BCUT2D eigenvalue weighted by molar-refractivity contribution is 6.32. The Kier molecular flexibility index (Phi) is 6.07. The molecule has 29 heavy (non-hydrogen) atoms. The van der Waals surface area contributed by atoms with Crippen molar-refractivity contribution >= 4 is 17.5 Å². The number of halogens is 2. The molecule has 2 aromatic heterocycles. The number of rotatable bonds is 6. The van der Waals surface area contributed by atoms with Crippen LogP contribution in [0.3, 0.4) is 0 Å². The van der Waals surface area contributed by atoms with E-state index in [4.69, 9.17) is 21.1 Å². The van der Waals surface area contributed by atoms with E-state index in [9.17, 15) is 9.18 Å². The SMILES string of the molecule is C.CCOc1nnc(N2CC(Oc3ccc(F)cc3Cl)C2)n1-c1ccc(=O)[nH]c1. The monoisotopic (exact) mass is 421 g/mol. The van der Waals surface area contributed by atoms with Crippen LogP contribution in [-0.2, 0) is 0 Å². The molecule has 0 amide bonds. The van der Waals surface area contributed by atoms with Gasteiger partial charge in [-0.2, -0.15) is 0 Å². The molecule has 1 aliphatic rings. The zero-order valence-electron chi connectivity index (χ0n) is 14.9. The fraction of sp³-hybridized carbons (Fsp3) is 0.316. The van der Waals surface area contributed by atoms with Crippen molar-refractivity contribution in [2.24, 2.45) is 0 Å². The largest absolute Gasteiger partial charge is 0.485 e. The first kappa shape index (κ1) is 20.7. The van der Waals surface area contributed by atoms with Crippen molar-refractivity contribution in [3.8, 4) is 17.4 Å². The smallest absolute Gasteiger partial charge is 0.323 e. The van der Waals surface area contributed by atoms with Crippen molar-refractivity contribution < 1.29 is 13.9 Å². The molecule has 0 radical (unpaired) electrons. The van der Waals surface area contributed by atoms with E-state index < -0.39 is 5.82 Å². The standard InChI is InChI=1S/C18H17ClFN5O3.CH4/c1-2-27-18-23-22-17(25(18)12-4-6-16(26)21-8-12)24-9-13(10-24)28-15-5-3-11(20)7-14(15)19;/h3-8,13H,2,9-10H2,1H3,(H,21,26);1H4. The number of anilines is 1. The normalized spacial score (nSPS) is 13.6. The van der Waals surface area contributed by atoms with E-state index in [1.165, 1.54) is 24.3 Å². The third-order valence-corrected chi connectivity index (χ3v) is 4.53. The average molecular weight is 422 g/mol. The molecule has 0 aliphatic carbocycles. The molecule has 0 unspecified atom stereocenters. The number of hydrogen-bond donors (Lipinski definition) is 1.